The van der Waals surface area contributed by atoms with E-state index in [9.17, 15) is 20.2 Å². The molecule has 0 N–H and O–H groups in total. The smallest absolute Gasteiger partial charge is 0.276 e. The number of benzene rings is 2. The van der Waals surface area contributed by atoms with Crippen molar-refractivity contribution in [3.8, 4) is 11.5 Å². The van der Waals surface area contributed by atoms with Gasteiger partial charge in [-0.25, -0.2) is 0 Å². The maximum Gasteiger partial charge on any atom is 0.299 e. The third kappa shape index (κ3) is 3.94. The zero-order valence-electron chi connectivity index (χ0n) is 12.5. The van der Waals surface area contributed by atoms with Gasteiger partial charge in [-0.15, -0.1) is 20.2 Å². The number of rotatable bonds is 6. The summed E-state index contributed by atoms with van der Waals surface area (Å²) in [5.41, 5.74) is 1.42. The van der Waals surface area contributed by atoms with Gasteiger partial charge in [-0.2, -0.15) is 0 Å². The zero-order chi connectivity index (χ0) is 17.0. The minimum Gasteiger partial charge on any atom is -0.276 e. The van der Waals surface area contributed by atoms with E-state index < -0.39 is 15.6 Å². The first-order valence-corrected chi connectivity index (χ1v) is 6.65. The van der Waals surface area contributed by atoms with E-state index in [0.717, 1.165) is 11.1 Å². The number of nitrogens with zero attached hydrogens (tertiary/aromatic N) is 2. The lowest BCUT2D eigenvalue weighted by Gasteiger charge is -2.26. The summed E-state index contributed by atoms with van der Waals surface area (Å²) in [4.78, 5) is 29.4. The van der Waals surface area contributed by atoms with Gasteiger partial charge < -0.3 is 0 Å². The molecule has 0 saturated carbocycles. The Balaban J connectivity index is 2.23. The van der Waals surface area contributed by atoms with Crippen molar-refractivity contribution in [2.75, 3.05) is 0 Å². The van der Waals surface area contributed by atoms with Crippen molar-refractivity contribution in [2.45, 2.75) is 19.3 Å². The van der Waals surface area contributed by atoms with E-state index >= 15 is 0 Å². The summed E-state index contributed by atoms with van der Waals surface area (Å²) in [5, 5.41) is 18.9. The quantitative estimate of drug-likeness (QED) is 0.598. The van der Waals surface area contributed by atoms with Gasteiger partial charge in [-0.3, -0.25) is 9.68 Å². The normalized spacial score (nSPS) is 10.9. The summed E-state index contributed by atoms with van der Waals surface area (Å²) in [6.07, 6.45) is 0. The van der Waals surface area contributed by atoms with Gasteiger partial charge in [0.1, 0.15) is 11.5 Å². The van der Waals surface area contributed by atoms with E-state index in [4.69, 9.17) is 0 Å². The first-order chi connectivity index (χ1) is 10.8. The predicted octanol–water partition coefficient (Wildman–Crippen LogP) is 3.15. The maximum absolute atomic E-state index is 10.3. The molecule has 0 heterocycles. The summed E-state index contributed by atoms with van der Waals surface area (Å²) in [5.74, 6) is 0.286. The first-order valence-electron chi connectivity index (χ1n) is 6.65. The highest BCUT2D eigenvalue weighted by molar-refractivity contribution is 5.41. The van der Waals surface area contributed by atoms with Crippen molar-refractivity contribution in [1.82, 2.24) is 0 Å². The molecule has 8 nitrogen and oxygen atoms in total. The Morgan fingerprint density at radius 2 is 1.04 bits per heavy atom. The SMILES string of the molecule is CC(C)(c1ccc(O[N+](=O)[O-])cc1)c1ccc(O[N+](=O)[O-])cc1. The molecule has 0 aliphatic carbocycles. The van der Waals surface area contributed by atoms with Crippen LogP contribution >= 0.6 is 0 Å². The minimum atomic E-state index is -0.867. The topological polar surface area (TPSA) is 105 Å². The molecule has 0 amide bonds. The molecular weight excluding hydrogens is 304 g/mol. The van der Waals surface area contributed by atoms with Gasteiger partial charge >= 0.3 is 0 Å². The van der Waals surface area contributed by atoms with Crippen LogP contribution in [-0.4, -0.2) is 10.2 Å². The lowest BCUT2D eigenvalue weighted by atomic mass is 9.78. The average molecular weight is 318 g/mol. The molecule has 23 heavy (non-hydrogen) atoms. The van der Waals surface area contributed by atoms with Gasteiger partial charge in [-0.05, 0) is 35.4 Å². The van der Waals surface area contributed by atoms with Crippen LogP contribution in [0, 0.1) is 20.2 Å². The van der Waals surface area contributed by atoms with Crippen molar-refractivity contribution in [2.24, 2.45) is 0 Å². The monoisotopic (exact) mass is 318 g/mol. The molecule has 2 aromatic rings. The molecule has 120 valence electrons. The third-order valence-corrected chi connectivity index (χ3v) is 3.51. The van der Waals surface area contributed by atoms with Crippen molar-refractivity contribution >= 4 is 0 Å². The largest absolute Gasteiger partial charge is 0.299 e. The van der Waals surface area contributed by atoms with Gasteiger partial charge in [0.2, 0.25) is 0 Å². The molecule has 0 aromatic heterocycles. The molecule has 2 aromatic carbocycles. The zero-order valence-corrected chi connectivity index (χ0v) is 12.5. The first kappa shape index (κ1) is 16.2. The Hall–Kier alpha value is -3.16. The van der Waals surface area contributed by atoms with Crippen LogP contribution < -0.4 is 9.68 Å². The van der Waals surface area contributed by atoms with Crippen LogP contribution in [0.1, 0.15) is 25.0 Å². The maximum atomic E-state index is 10.3. The fraction of sp³-hybridized carbons (Fsp3) is 0.200. The van der Waals surface area contributed by atoms with E-state index in [1.165, 1.54) is 24.3 Å². The molecule has 0 aliphatic rings. The Morgan fingerprint density at radius 1 is 0.739 bits per heavy atom. The van der Waals surface area contributed by atoms with Crippen LogP contribution in [0.2, 0.25) is 0 Å². The number of hydrogen-bond donors (Lipinski definition) is 0. The van der Waals surface area contributed by atoms with Crippen LogP contribution in [0.5, 0.6) is 11.5 Å². The molecule has 0 bridgehead atoms. The molecule has 0 saturated heterocycles. The third-order valence-electron chi connectivity index (χ3n) is 3.51. The van der Waals surface area contributed by atoms with Crippen molar-refractivity contribution < 1.29 is 19.8 Å². The molecule has 8 heteroatoms. The molecule has 0 atom stereocenters. The Labute approximate surface area is 131 Å². The summed E-state index contributed by atoms with van der Waals surface area (Å²) >= 11 is 0. The highest BCUT2D eigenvalue weighted by Gasteiger charge is 2.23. The van der Waals surface area contributed by atoms with E-state index in [0.29, 0.717) is 0 Å². The average Bonchev–Trinajstić information content (AvgIpc) is 2.47. The molecular formula is C15H14N2O6. The van der Waals surface area contributed by atoms with Crippen LogP contribution in [-0.2, 0) is 5.41 Å². The van der Waals surface area contributed by atoms with Crippen LogP contribution in [0.25, 0.3) is 0 Å². The second-order valence-corrected chi connectivity index (χ2v) is 5.30. The second kappa shape index (κ2) is 6.30. The number of hydrogen-bond acceptors (Lipinski definition) is 6. The van der Waals surface area contributed by atoms with Gasteiger partial charge in [0.25, 0.3) is 10.2 Å². The summed E-state index contributed by atoms with van der Waals surface area (Å²) in [6.45, 7) is 3.94. The van der Waals surface area contributed by atoms with Crippen LogP contribution in [0.15, 0.2) is 48.5 Å². The van der Waals surface area contributed by atoms with Crippen molar-refractivity contribution in [3.63, 3.8) is 0 Å². The molecule has 0 unspecified atom stereocenters. The van der Waals surface area contributed by atoms with Gasteiger partial charge in [0, 0.05) is 5.41 Å². The van der Waals surface area contributed by atoms with Gasteiger partial charge in [0.05, 0.1) is 0 Å². The molecule has 0 fully saturated rings. The highest BCUT2D eigenvalue weighted by atomic mass is 17.0. The molecule has 2 rings (SSSR count). The Bertz CT molecular complexity index is 648. The highest BCUT2D eigenvalue weighted by Crippen LogP contribution is 2.33. The lowest BCUT2D eigenvalue weighted by molar-refractivity contribution is -0.711. The van der Waals surface area contributed by atoms with Crippen molar-refractivity contribution in [1.29, 1.82) is 0 Å². The summed E-state index contributed by atoms with van der Waals surface area (Å²) in [6, 6.07) is 13.0. The second-order valence-electron chi connectivity index (χ2n) is 5.30. The van der Waals surface area contributed by atoms with Gasteiger partial charge in [-0.1, -0.05) is 38.1 Å². The fourth-order valence-corrected chi connectivity index (χ4v) is 2.20. The molecule has 0 radical (unpaired) electrons. The van der Waals surface area contributed by atoms with E-state index in [2.05, 4.69) is 9.68 Å². The predicted molar refractivity (Wildman–Crippen MR) is 80.3 cm³/mol. The Morgan fingerprint density at radius 3 is 1.30 bits per heavy atom. The van der Waals surface area contributed by atoms with E-state index in [1.54, 1.807) is 24.3 Å². The standard InChI is InChI=1S/C15H14N2O6/c1-15(2,11-3-7-13(8-4-11)22-16(18)19)12-5-9-14(10-6-12)23-17(20)21/h3-10H,1-2H3. The van der Waals surface area contributed by atoms with Gasteiger partial charge in [0.15, 0.2) is 0 Å². The fourth-order valence-electron chi connectivity index (χ4n) is 2.20. The van der Waals surface area contributed by atoms with Crippen LogP contribution in [0.4, 0.5) is 0 Å². The van der Waals surface area contributed by atoms with Crippen molar-refractivity contribution in [3.05, 3.63) is 79.9 Å². The Kier molecular flexibility index (Phi) is 4.44. The summed E-state index contributed by atoms with van der Waals surface area (Å²) in [7, 11) is 0. The molecule has 0 aliphatic heterocycles. The molecule has 0 spiro atoms. The lowest BCUT2D eigenvalue weighted by Crippen LogP contribution is -2.19. The van der Waals surface area contributed by atoms with E-state index in [-0.39, 0.29) is 11.5 Å². The van der Waals surface area contributed by atoms with Crippen LogP contribution in [0.3, 0.4) is 0 Å². The summed E-state index contributed by atoms with van der Waals surface area (Å²) < 4.78 is 0. The van der Waals surface area contributed by atoms with E-state index in [1.807, 2.05) is 13.8 Å². The minimum absolute atomic E-state index is 0.143.